The lowest BCUT2D eigenvalue weighted by atomic mass is 10.1. The lowest BCUT2D eigenvalue weighted by Crippen LogP contribution is -2.28. The molecular weight excluding hydrogens is 270 g/mol. The van der Waals surface area contributed by atoms with Crippen molar-refractivity contribution in [2.45, 2.75) is 50.5 Å². The van der Waals surface area contributed by atoms with Crippen LogP contribution in [0.1, 0.15) is 49.9 Å². The minimum absolute atomic E-state index is 0.488. The van der Waals surface area contributed by atoms with Gasteiger partial charge in [-0.2, -0.15) is 0 Å². The minimum Gasteiger partial charge on any atom is -0.478 e. The minimum atomic E-state index is -0.807. The first-order valence-corrected chi connectivity index (χ1v) is 8.43. The molecule has 1 aliphatic rings. The predicted octanol–water partition coefficient (Wildman–Crippen LogP) is 4.27. The van der Waals surface area contributed by atoms with E-state index in [0.717, 1.165) is 35.7 Å². The van der Waals surface area contributed by atoms with Crippen LogP contribution >= 0.6 is 11.8 Å². The van der Waals surface area contributed by atoms with Gasteiger partial charge >= 0.3 is 5.97 Å². The lowest BCUT2D eigenvalue weighted by Gasteiger charge is -2.27. The Bertz CT molecular complexity index is 472. The number of carboxylic acids is 1. The third-order valence-electron chi connectivity index (χ3n) is 3.57. The maximum Gasteiger partial charge on any atom is 0.338 e. The molecule has 0 aromatic heterocycles. The van der Waals surface area contributed by atoms with E-state index in [1.165, 1.54) is 12.8 Å². The molecule has 1 N–H and O–H groups in total. The summed E-state index contributed by atoms with van der Waals surface area (Å²) < 4.78 is 0. The Morgan fingerprint density at radius 1 is 1.40 bits per heavy atom. The van der Waals surface area contributed by atoms with Gasteiger partial charge in [-0.05, 0) is 37.1 Å². The van der Waals surface area contributed by atoms with Gasteiger partial charge in [0.2, 0.25) is 0 Å². The van der Waals surface area contributed by atoms with E-state index in [4.69, 9.17) is 0 Å². The van der Waals surface area contributed by atoms with E-state index in [0.29, 0.717) is 11.6 Å². The number of rotatable bonds is 8. The molecule has 0 heterocycles. The summed E-state index contributed by atoms with van der Waals surface area (Å²) >= 11 is 1.61. The van der Waals surface area contributed by atoms with Gasteiger partial charge in [0.15, 0.2) is 0 Å². The van der Waals surface area contributed by atoms with Crippen molar-refractivity contribution in [1.29, 1.82) is 0 Å². The van der Waals surface area contributed by atoms with Crippen molar-refractivity contribution < 1.29 is 9.90 Å². The largest absolute Gasteiger partial charge is 0.478 e. The van der Waals surface area contributed by atoms with Crippen molar-refractivity contribution in [2.75, 3.05) is 17.2 Å². The number of benzene rings is 1. The molecule has 1 saturated carbocycles. The third kappa shape index (κ3) is 3.48. The molecule has 2 rings (SSSR count). The van der Waals surface area contributed by atoms with Gasteiger partial charge in [0, 0.05) is 17.5 Å². The van der Waals surface area contributed by atoms with E-state index in [-0.39, 0.29) is 0 Å². The quantitative estimate of drug-likeness (QED) is 0.727. The number of carboxylic acid groups (broad SMARTS) is 1. The van der Waals surface area contributed by atoms with E-state index in [2.05, 4.69) is 18.7 Å². The standard InChI is InChI=1S/C16H23NO2S/c1-3-5-11-17(12-9-10-12)13-7-6-8-14(20-4-2)15(13)16(18)19/h6-8,12H,3-5,9-11H2,1-2H3,(H,18,19). The summed E-state index contributed by atoms with van der Waals surface area (Å²) in [7, 11) is 0. The second kappa shape index (κ2) is 7.02. The van der Waals surface area contributed by atoms with Gasteiger partial charge in [-0.3, -0.25) is 0 Å². The molecule has 3 nitrogen and oxygen atoms in total. The summed E-state index contributed by atoms with van der Waals surface area (Å²) in [5.74, 6) is 0.0842. The Kier molecular flexibility index (Phi) is 5.35. The molecule has 0 saturated heterocycles. The molecule has 1 aliphatic carbocycles. The van der Waals surface area contributed by atoms with Crippen LogP contribution in [0.5, 0.6) is 0 Å². The van der Waals surface area contributed by atoms with Crippen LogP contribution in [0.2, 0.25) is 0 Å². The molecule has 0 spiro atoms. The zero-order valence-electron chi connectivity index (χ0n) is 12.3. The number of unbranched alkanes of at least 4 members (excludes halogenated alkanes) is 1. The van der Waals surface area contributed by atoms with E-state index < -0.39 is 5.97 Å². The predicted molar refractivity (Wildman–Crippen MR) is 85.1 cm³/mol. The summed E-state index contributed by atoms with van der Waals surface area (Å²) in [6.07, 6.45) is 4.62. The first-order valence-electron chi connectivity index (χ1n) is 7.44. The smallest absolute Gasteiger partial charge is 0.338 e. The summed E-state index contributed by atoms with van der Waals surface area (Å²) in [6, 6.07) is 6.42. The number of carbonyl (C=O) groups is 1. The SMILES string of the molecule is CCCCN(c1cccc(SCC)c1C(=O)O)C1CC1. The summed E-state index contributed by atoms with van der Waals surface area (Å²) in [5, 5.41) is 9.61. The number of aromatic carboxylic acids is 1. The Hall–Kier alpha value is -1.16. The van der Waals surface area contributed by atoms with Crippen LogP contribution in [0.15, 0.2) is 23.1 Å². The molecule has 20 heavy (non-hydrogen) atoms. The van der Waals surface area contributed by atoms with Gasteiger partial charge in [-0.15, -0.1) is 11.8 Å². The maximum atomic E-state index is 11.7. The monoisotopic (exact) mass is 293 g/mol. The van der Waals surface area contributed by atoms with Crippen molar-refractivity contribution in [2.24, 2.45) is 0 Å². The average molecular weight is 293 g/mol. The molecule has 0 bridgehead atoms. The molecule has 0 atom stereocenters. The summed E-state index contributed by atoms with van der Waals surface area (Å²) in [4.78, 5) is 14.9. The molecule has 1 aromatic carbocycles. The Morgan fingerprint density at radius 2 is 2.15 bits per heavy atom. The van der Waals surface area contributed by atoms with E-state index in [9.17, 15) is 9.90 Å². The highest BCUT2D eigenvalue weighted by Gasteiger charge is 2.31. The van der Waals surface area contributed by atoms with Crippen molar-refractivity contribution in [3.63, 3.8) is 0 Å². The number of hydrogen-bond donors (Lipinski definition) is 1. The van der Waals surface area contributed by atoms with Crippen molar-refractivity contribution in [1.82, 2.24) is 0 Å². The molecule has 4 heteroatoms. The van der Waals surface area contributed by atoms with Gasteiger partial charge in [0.1, 0.15) is 0 Å². The second-order valence-corrected chi connectivity index (χ2v) is 6.47. The van der Waals surface area contributed by atoms with Crippen LogP contribution in [-0.2, 0) is 0 Å². The first kappa shape index (κ1) is 15.2. The van der Waals surface area contributed by atoms with Gasteiger partial charge in [0.25, 0.3) is 0 Å². The molecular formula is C16H23NO2S. The topological polar surface area (TPSA) is 40.5 Å². The van der Waals surface area contributed by atoms with Gasteiger partial charge in [-0.25, -0.2) is 4.79 Å². The fourth-order valence-electron chi connectivity index (χ4n) is 2.46. The summed E-state index contributed by atoms with van der Waals surface area (Å²) in [5.41, 5.74) is 1.40. The molecule has 0 unspecified atom stereocenters. The first-order chi connectivity index (χ1) is 9.69. The fourth-order valence-corrected chi connectivity index (χ4v) is 3.29. The molecule has 0 aliphatic heterocycles. The van der Waals surface area contributed by atoms with Gasteiger partial charge < -0.3 is 10.0 Å². The normalized spacial score (nSPS) is 14.3. The van der Waals surface area contributed by atoms with Crippen LogP contribution in [0.4, 0.5) is 5.69 Å². The van der Waals surface area contributed by atoms with Crippen LogP contribution in [0, 0.1) is 0 Å². The Morgan fingerprint density at radius 3 is 2.70 bits per heavy atom. The van der Waals surface area contributed by atoms with Crippen molar-refractivity contribution >= 4 is 23.4 Å². The Balaban J connectivity index is 2.36. The molecule has 1 aromatic rings. The molecule has 0 radical (unpaired) electrons. The zero-order chi connectivity index (χ0) is 14.5. The van der Waals surface area contributed by atoms with E-state index >= 15 is 0 Å². The second-order valence-electron chi connectivity index (χ2n) is 5.17. The maximum absolute atomic E-state index is 11.7. The van der Waals surface area contributed by atoms with Crippen LogP contribution in [-0.4, -0.2) is 29.4 Å². The highest BCUT2D eigenvalue weighted by Crippen LogP contribution is 2.37. The highest BCUT2D eigenvalue weighted by molar-refractivity contribution is 7.99. The third-order valence-corrected chi connectivity index (χ3v) is 4.51. The number of anilines is 1. The summed E-state index contributed by atoms with van der Waals surface area (Å²) in [6.45, 7) is 5.19. The lowest BCUT2D eigenvalue weighted by molar-refractivity contribution is 0.0694. The average Bonchev–Trinajstić information content (AvgIpc) is 3.24. The molecule has 0 amide bonds. The Labute approximate surface area is 125 Å². The number of hydrogen-bond acceptors (Lipinski definition) is 3. The van der Waals surface area contributed by atoms with E-state index in [1.807, 2.05) is 18.2 Å². The fraction of sp³-hybridized carbons (Fsp3) is 0.562. The van der Waals surface area contributed by atoms with Gasteiger partial charge in [0.05, 0.1) is 11.3 Å². The number of nitrogens with zero attached hydrogens (tertiary/aromatic N) is 1. The van der Waals surface area contributed by atoms with Crippen LogP contribution in [0.25, 0.3) is 0 Å². The molecule has 110 valence electrons. The molecule has 1 fully saturated rings. The van der Waals surface area contributed by atoms with Crippen LogP contribution in [0.3, 0.4) is 0 Å². The van der Waals surface area contributed by atoms with Gasteiger partial charge in [-0.1, -0.05) is 26.3 Å². The highest BCUT2D eigenvalue weighted by atomic mass is 32.2. The van der Waals surface area contributed by atoms with Crippen molar-refractivity contribution in [3.05, 3.63) is 23.8 Å². The van der Waals surface area contributed by atoms with Crippen LogP contribution < -0.4 is 4.90 Å². The van der Waals surface area contributed by atoms with Crippen molar-refractivity contribution in [3.8, 4) is 0 Å². The van der Waals surface area contributed by atoms with E-state index in [1.54, 1.807) is 11.8 Å². The zero-order valence-corrected chi connectivity index (χ0v) is 13.1. The number of thioether (sulfide) groups is 1.